The van der Waals surface area contributed by atoms with E-state index in [0.29, 0.717) is 11.1 Å². The molecule has 0 atom stereocenters. The van der Waals surface area contributed by atoms with Gasteiger partial charge in [0.2, 0.25) is 0 Å². The van der Waals surface area contributed by atoms with Crippen molar-refractivity contribution >= 4 is 17.1 Å². The molecule has 0 fully saturated rings. The predicted octanol–water partition coefficient (Wildman–Crippen LogP) is 2.58. The number of oxazole rings is 1. The monoisotopic (exact) mass is 182 g/mol. The van der Waals surface area contributed by atoms with E-state index in [1.807, 2.05) is 13.8 Å². The zero-order valence-corrected chi connectivity index (χ0v) is 7.54. The van der Waals surface area contributed by atoms with Gasteiger partial charge in [0.25, 0.3) is 6.01 Å². The summed E-state index contributed by atoms with van der Waals surface area (Å²) in [6.45, 7) is 4.00. The number of hydrogen-bond acceptors (Lipinski definition) is 3. The van der Waals surface area contributed by atoms with Gasteiger partial charge in [0.1, 0.15) is 11.3 Å². The van der Waals surface area contributed by atoms with Crippen LogP contribution in [0.15, 0.2) is 22.6 Å². The number of rotatable bonds is 0. The average molecular weight is 182 g/mol. The molecule has 1 aromatic heterocycles. The van der Waals surface area contributed by atoms with Gasteiger partial charge in [-0.25, -0.2) is 4.39 Å². The lowest BCUT2D eigenvalue weighted by Gasteiger charge is -1.84. The maximum atomic E-state index is 12.5. The second kappa shape index (κ2) is 3.89. The molecule has 0 saturated carbocycles. The molecule has 0 aliphatic rings. The third-order valence-corrected chi connectivity index (χ3v) is 1.37. The van der Waals surface area contributed by atoms with Crippen LogP contribution in [-0.2, 0) is 0 Å². The molecule has 0 spiro atoms. The molecule has 1 aromatic carbocycles. The average Bonchev–Trinajstić information content (AvgIpc) is 2.48. The standard InChI is InChI=1S/C7H5FN2O.C2H6/c8-4-1-2-5-6(3-4)11-7(9)10-5;1-2/h1-3H,(H2,9,10);1-2H3. The molecule has 13 heavy (non-hydrogen) atoms. The first-order valence-corrected chi connectivity index (χ1v) is 4.07. The fraction of sp³-hybridized carbons (Fsp3) is 0.222. The van der Waals surface area contributed by atoms with Crippen LogP contribution in [0.5, 0.6) is 0 Å². The summed E-state index contributed by atoms with van der Waals surface area (Å²) in [5.74, 6) is -0.353. The zero-order valence-electron chi connectivity index (χ0n) is 7.54. The Kier molecular flexibility index (Phi) is 2.84. The van der Waals surface area contributed by atoms with Gasteiger partial charge in [-0.15, -0.1) is 0 Å². The van der Waals surface area contributed by atoms with Gasteiger partial charge in [0.15, 0.2) is 5.58 Å². The number of nitrogen functional groups attached to an aromatic ring is 1. The van der Waals surface area contributed by atoms with Crippen molar-refractivity contribution in [2.45, 2.75) is 13.8 Å². The maximum absolute atomic E-state index is 12.5. The number of aromatic nitrogens is 1. The minimum atomic E-state index is -0.353. The van der Waals surface area contributed by atoms with Gasteiger partial charge in [0, 0.05) is 6.07 Å². The van der Waals surface area contributed by atoms with Crippen LogP contribution < -0.4 is 5.73 Å². The summed E-state index contributed by atoms with van der Waals surface area (Å²) < 4.78 is 17.4. The van der Waals surface area contributed by atoms with Gasteiger partial charge >= 0.3 is 0 Å². The molecule has 3 nitrogen and oxygen atoms in total. The first kappa shape index (κ1) is 9.51. The minimum Gasteiger partial charge on any atom is -0.424 e. The Hall–Kier alpha value is -1.58. The normalized spacial score (nSPS) is 9.46. The summed E-state index contributed by atoms with van der Waals surface area (Å²) in [5.41, 5.74) is 6.19. The maximum Gasteiger partial charge on any atom is 0.292 e. The van der Waals surface area contributed by atoms with Crippen LogP contribution in [0.2, 0.25) is 0 Å². The lowest BCUT2D eigenvalue weighted by molar-refractivity contribution is 0.606. The minimum absolute atomic E-state index is 0.0607. The van der Waals surface area contributed by atoms with Crippen molar-refractivity contribution in [3.05, 3.63) is 24.0 Å². The third-order valence-electron chi connectivity index (χ3n) is 1.37. The Morgan fingerprint density at radius 2 is 2.08 bits per heavy atom. The lowest BCUT2D eigenvalue weighted by atomic mass is 10.3. The van der Waals surface area contributed by atoms with Gasteiger partial charge in [-0.3, -0.25) is 0 Å². The van der Waals surface area contributed by atoms with Gasteiger partial charge in [-0.2, -0.15) is 4.98 Å². The molecule has 2 aromatic rings. The van der Waals surface area contributed by atoms with E-state index in [1.165, 1.54) is 18.2 Å². The number of halogens is 1. The summed E-state index contributed by atoms with van der Waals surface area (Å²) in [7, 11) is 0. The van der Waals surface area contributed by atoms with Gasteiger partial charge in [-0.1, -0.05) is 13.8 Å². The molecule has 70 valence electrons. The largest absolute Gasteiger partial charge is 0.424 e. The van der Waals surface area contributed by atoms with Crippen molar-refractivity contribution in [3.8, 4) is 0 Å². The molecule has 2 N–H and O–H groups in total. The highest BCUT2D eigenvalue weighted by Gasteiger charge is 2.01. The summed E-state index contributed by atoms with van der Waals surface area (Å²) in [6.07, 6.45) is 0. The van der Waals surface area contributed by atoms with Crippen molar-refractivity contribution in [2.75, 3.05) is 5.73 Å². The topological polar surface area (TPSA) is 52.0 Å². The summed E-state index contributed by atoms with van der Waals surface area (Å²) in [6, 6.07) is 4.14. The molecule has 0 aliphatic heterocycles. The highest BCUT2D eigenvalue weighted by atomic mass is 19.1. The molecule has 0 radical (unpaired) electrons. The number of nitrogens with zero attached hydrogens (tertiary/aromatic N) is 1. The molecule has 0 aliphatic carbocycles. The van der Waals surface area contributed by atoms with Crippen molar-refractivity contribution in [2.24, 2.45) is 0 Å². The molecule has 0 unspecified atom stereocenters. The van der Waals surface area contributed by atoms with E-state index in [-0.39, 0.29) is 11.8 Å². The van der Waals surface area contributed by atoms with Gasteiger partial charge < -0.3 is 10.2 Å². The lowest BCUT2D eigenvalue weighted by Crippen LogP contribution is -1.80. The van der Waals surface area contributed by atoms with Crippen LogP contribution >= 0.6 is 0 Å². The Bertz CT molecular complexity index is 397. The van der Waals surface area contributed by atoms with Crippen molar-refractivity contribution in [1.29, 1.82) is 0 Å². The molecule has 0 amide bonds. The van der Waals surface area contributed by atoms with Crippen LogP contribution in [0.25, 0.3) is 11.1 Å². The van der Waals surface area contributed by atoms with Crippen molar-refractivity contribution in [1.82, 2.24) is 4.98 Å². The Labute approximate surface area is 75.4 Å². The summed E-state index contributed by atoms with van der Waals surface area (Å²) in [4.78, 5) is 3.80. The second-order valence-corrected chi connectivity index (χ2v) is 2.16. The molecule has 4 heteroatoms. The number of benzene rings is 1. The second-order valence-electron chi connectivity index (χ2n) is 2.16. The summed E-state index contributed by atoms with van der Waals surface area (Å²) in [5, 5.41) is 0. The van der Waals surface area contributed by atoms with E-state index in [4.69, 9.17) is 10.2 Å². The molecule has 0 bridgehead atoms. The van der Waals surface area contributed by atoms with Crippen molar-refractivity contribution in [3.63, 3.8) is 0 Å². The fourth-order valence-electron chi connectivity index (χ4n) is 0.916. The molecule has 0 saturated heterocycles. The fourth-order valence-corrected chi connectivity index (χ4v) is 0.916. The van der Waals surface area contributed by atoms with Crippen molar-refractivity contribution < 1.29 is 8.81 Å². The Morgan fingerprint density at radius 1 is 1.38 bits per heavy atom. The van der Waals surface area contributed by atoms with Crippen LogP contribution in [0.3, 0.4) is 0 Å². The number of anilines is 1. The predicted molar refractivity (Wildman–Crippen MR) is 49.7 cm³/mol. The number of nitrogens with two attached hydrogens (primary N) is 1. The molecule has 2 rings (SSSR count). The van der Waals surface area contributed by atoms with Crippen LogP contribution in [0.1, 0.15) is 13.8 Å². The van der Waals surface area contributed by atoms with E-state index >= 15 is 0 Å². The van der Waals surface area contributed by atoms with Gasteiger partial charge in [0.05, 0.1) is 0 Å². The van der Waals surface area contributed by atoms with E-state index < -0.39 is 0 Å². The number of fused-ring (bicyclic) bond motifs is 1. The quantitative estimate of drug-likeness (QED) is 0.681. The molecular formula is C9H11FN2O. The third kappa shape index (κ3) is 1.96. The Balaban J connectivity index is 0.000000396. The van der Waals surface area contributed by atoms with Crippen LogP contribution in [0.4, 0.5) is 10.4 Å². The summed E-state index contributed by atoms with van der Waals surface area (Å²) >= 11 is 0. The highest BCUT2D eigenvalue weighted by molar-refractivity contribution is 5.73. The SMILES string of the molecule is CC.Nc1nc2ccc(F)cc2o1. The first-order valence-electron chi connectivity index (χ1n) is 4.07. The number of hydrogen-bond donors (Lipinski definition) is 1. The van der Waals surface area contributed by atoms with Crippen LogP contribution in [-0.4, -0.2) is 4.98 Å². The van der Waals surface area contributed by atoms with Crippen LogP contribution in [0, 0.1) is 5.82 Å². The Morgan fingerprint density at radius 3 is 2.77 bits per heavy atom. The molecular weight excluding hydrogens is 171 g/mol. The smallest absolute Gasteiger partial charge is 0.292 e. The molecule has 1 heterocycles. The van der Waals surface area contributed by atoms with E-state index in [0.717, 1.165) is 0 Å². The van der Waals surface area contributed by atoms with Gasteiger partial charge in [-0.05, 0) is 12.1 Å². The first-order chi connectivity index (χ1) is 6.25. The zero-order chi connectivity index (χ0) is 9.84. The van der Waals surface area contributed by atoms with E-state index in [2.05, 4.69) is 4.98 Å². The van der Waals surface area contributed by atoms with E-state index in [1.54, 1.807) is 0 Å². The highest BCUT2D eigenvalue weighted by Crippen LogP contribution is 2.16. The van der Waals surface area contributed by atoms with E-state index in [9.17, 15) is 4.39 Å².